The molecular weight excluding hydrogens is 493 g/mol. The Morgan fingerprint density at radius 3 is 2.11 bits per heavy atom. The average Bonchev–Trinajstić information content (AvgIpc) is 3.19. The quantitative estimate of drug-likeness (QED) is 0.388. The number of amides is 1. The maximum Gasteiger partial charge on any atom is 0.409 e. The van der Waals surface area contributed by atoms with E-state index in [-0.39, 0.29) is 34.8 Å². The van der Waals surface area contributed by atoms with E-state index >= 15 is 0 Å². The molecule has 0 radical (unpaired) electrons. The van der Waals surface area contributed by atoms with Crippen LogP contribution >= 0.6 is 0 Å². The van der Waals surface area contributed by atoms with Gasteiger partial charge >= 0.3 is 16.3 Å². The summed E-state index contributed by atoms with van der Waals surface area (Å²) in [6.07, 6.45) is -0.344. The Kier molecular flexibility index (Phi) is 6.68. The minimum atomic E-state index is -4.89. The van der Waals surface area contributed by atoms with Crippen LogP contribution in [0.4, 0.5) is 14.4 Å². The molecule has 5 rings (SSSR count). The second kappa shape index (κ2) is 9.79. The lowest BCUT2D eigenvalue weighted by Crippen LogP contribution is -2.48. The number of benzene rings is 3. The summed E-state index contributed by atoms with van der Waals surface area (Å²) < 4.78 is 43.1. The van der Waals surface area contributed by atoms with Gasteiger partial charge in [-0.25, -0.2) is 4.79 Å². The molecule has 2 N–H and O–H groups in total. The summed E-state index contributed by atoms with van der Waals surface area (Å²) in [4.78, 5) is 16.3. The number of fused-ring (bicyclic) bond motifs is 3. The highest BCUT2D eigenvalue weighted by Crippen LogP contribution is 2.44. The van der Waals surface area contributed by atoms with Gasteiger partial charge in [0, 0.05) is 44.3 Å². The molecule has 1 aliphatic carbocycles. The normalized spacial score (nSPS) is 15.9. The Morgan fingerprint density at radius 2 is 1.54 bits per heavy atom. The van der Waals surface area contributed by atoms with E-state index in [0.29, 0.717) is 43.9 Å². The van der Waals surface area contributed by atoms with Crippen LogP contribution in [0, 0.1) is 13.8 Å². The molecule has 0 bridgehead atoms. The molecule has 1 heterocycles. The first-order valence-corrected chi connectivity index (χ1v) is 13.7. The van der Waals surface area contributed by atoms with Crippen LogP contribution in [0.2, 0.25) is 0 Å². The van der Waals surface area contributed by atoms with Gasteiger partial charge in [0.1, 0.15) is 11.5 Å². The highest BCUT2D eigenvalue weighted by atomic mass is 32.3. The number of rotatable bonds is 5. The number of nitrogens with zero attached hydrogens (tertiary/aromatic N) is 2. The van der Waals surface area contributed by atoms with Gasteiger partial charge < -0.3 is 15.4 Å². The molecule has 0 unspecified atom stereocenters. The van der Waals surface area contributed by atoms with E-state index in [1.807, 2.05) is 24.3 Å². The highest BCUT2D eigenvalue weighted by molar-refractivity contribution is 7.86. The monoisotopic (exact) mass is 523 g/mol. The van der Waals surface area contributed by atoms with Gasteiger partial charge in [-0.15, -0.1) is 3.89 Å². The minimum Gasteiger partial charge on any atom is -0.448 e. The fourth-order valence-electron chi connectivity index (χ4n) is 5.51. The van der Waals surface area contributed by atoms with Crippen LogP contribution in [0.15, 0.2) is 59.5 Å². The Bertz CT molecular complexity index is 1420. The van der Waals surface area contributed by atoms with E-state index in [4.69, 9.17) is 10.5 Å². The van der Waals surface area contributed by atoms with Crippen molar-refractivity contribution in [1.29, 1.82) is 0 Å². The van der Waals surface area contributed by atoms with Crippen LogP contribution in [-0.4, -0.2) is 57.1 Å². The number of hydrogen-bond acceptors (Lipinski definition) is 6. The van der Waals surface area contributed by atoms with E-state index in [0.717, 1.165) is 0 Å². The summed E-state index contributed by atoms with van der Waals surface area (Å²) in [5.41, 5.74) is 12.2. The molecule has 0 aromatic heterocycles. The summed E-state index contributed by atoms with van der Waals surface area (Å²) in [7, 11) is -4.89. The van der Waals surface area contributed by atoms with Crippen molar-refractivity contribution in [3.8, 4) is 11.1 Å². The van der Waals surface area contributed by atoms with Crippen molar-refractivity contribution in [3.05, 3.63) is 82.4 Å². The van der Waals surface area contributed by atoms with Gasteiger partial charge in [0.2, 0.25) is 0 Å². The van der Waals surface area contributed by atoms with Crippen LogP contribution in [-0.2, 0) is 21.5 Å². The zero-order valence-corrected chi connectivity index (χ0v) is 21.7. The number of piperazine rings is 1. The molecule has 3 aromatic rings. The second-order valence-electron chi connectivity index (χ2n) is 9.71. The molecule has 7 nitrogen and oxygen atoms in total. The molecule has 1 saturated heterocycles. The zero-order chi connectivity index (χ0) is 26.3. The topological polar surface area (TPSA) is 92.9 Å². The molecule has 1 fully saturated rings. The number of hydrogen-bond donors (Lipinski definition) is 1. The van der Waals surface area contributed by atoms with E-state index in [1.54, 1.807) is 17.9 Å². The lowest BCUT2D eigenvalue weighted by molar-refractivity contribution is 0.0728. The van der Waals surface area contributed by atoms with E-state index in [1.165, 1.54) is 29.2 Å². The summed E-state index contributed by atoms with van der Waals surface area (Å²) in [6.45, 7) is 5.90. The van der Waals surface area contributed by atoms with Crippen molar-refractivity contribution in [2.24, 2.45) is 0 Å². The Hall–Kier alpha value is -3.43. The SMILES string of the molecule is Cc1c(N)cc(CN2CCN(C(=O)OCC3c4ccccc4-c4ccccc43)CC2)c(C)c1S(=O)(=O)F. The molecule has 1 aliphatic heterocycles. The predicted molar refractivity (Wildman–Crippen MR) is 141 cm³/mol. The van der Waals surface area contributed by atoms with E-state index in [2.05, 4.69) is 29.2 Å². The average molecular weight is 524 g/mol. The van der Waals surface area contributed by atoms with Crippen molar-refractivity contribution in [2.45, 2.75) is 31.2 Å². The van der Waals surface area contributed by atoms with Crippen molar-refractivity contribution in [2.75, 3.05) is 38.5 Å². The summed E-state index contributed by atoms with van der Waals surface area (Å²) in [6, 6.07) is 18.1. The van der Waals surface area contributed by atoms with Gasteiger partial charge in [0.15, 0.2) is 0 Å². The zero-order valence-electron chi connectivity index (χ0n) is 20.9. The molecule has 0 spiro atoms. The van der Waals surface area contributed by atoms with Crippen molar-refractivity contribution >= 4 is 22.0 Å². The van der Waals surface area contributed by atoms with Gasteiger partial charge in [0.25, 0.3) is 0 Å². The van der Waals surface area contributed by atoms with Gasteiger partial charge in [-0.1, -0.05) is 48.5 Å². The van der Waals surface area contributed by atoms with Gasteiger partial charge in [-0.05, 0) is 58.9 Å². The lowest BCUT2D eigenvalue weighted by atomic mass is 9.98. The molecule has 2 aliphatic rings. The molecule has 37 heavy (non-hydrogen) atoms. The summed E-state index contributed by atoms with van der Waals surface area (Å²) in [5, 5.41) is 0. The first-order chi connectivity index (χ1) is 17.6. The number of carbonyl (C=O) groups is 1. The Labute approximate surface area is 216 Å². The fraction of sp³-hybridized carbons (Fsp3) is 0.321. The van der Waals surface area contributed by atoms with Crippen molar-refractivity contribution in [3.63, 3.8) is 0 Å². The van der Waals surface area contributed by atoms with Gasteiger partial charge in [-0.3, -0.25) is 4.90 Å². The molecule has 0 saturated carbocycles. The minimum absolute atomic E-state index is 0.00795. The molecule has 0 atom stereocenters. The second-order valence-corrected chi connectivity index (χ2v) is 11.0. The number of nitrogens with two attached hydrogens (primary N) is 1. The fourth-order valence-corrected chi connectivity index (χ4v) is 6.49. The summed E-state index contributed by atoms with van der Waals surface area (Å²) in [5.74, 6) is 0.00795. The Balaban J connectivity index is 1.21. The van der Waals surface area contributed by atoms with E-state index < -0.39 is 10.2 Å². The molecule has 1 amide bonds. The first kappa shape index (κ1) is 25.2. The molecule has 9 heteroatoms. The third-order valence-corrected chi connectivity index (χ3v) is 8.63. The smallest absolute Gasteiger partial charge is 0.409 e. The first-order valence-electron chi connectivity index (χ1n) is 12.3. The number of carbonyl (C=O) groups excluding carboxylic acids is 1. The van der Waals surface area contributed by atoms with Crippen molar-refractivity contribution in [1.82, 2.24) is 9.80 Å². The van der Waals surface area contributed by atoms with E-state index in [9.17, 15) is 17.1 Å². The van der Waals surface area contributed by atoms with Gasteiger partial charge in [-0.2, -0.15) is 8.42 Å². The number of nitrogen functional groups attached to an aromatic ring is 1. The van der Waals surface area contributed by atoms with Crippen molar-refractivity contribution < 1.29 is 21.8 Å². The molecule has 3 aromatic carbocycles. The largest absolute Gasteiger partial charge is 0.448 e. The third-order valence-electron chi connectivity index (χ3n) is 7.53. The highest BCUT2D eigenvalue weighted by Gasteiger charge is 2.31. The standard InChI is InChI=1S/C28H30FN3O4S/c1-18-20(15-26(30)19(2)27(18)37(29,34)35)16-31-11-13-32(14-12-31)28(33)36-17-25-23-9-5-3-7-21(23)22-8-4-6-10-24(22)25/h3-10,15,25H,11-14,16-17,30H2,1-2H3. The maximum atomic E-state index is 13.9. The van der Waals surface area contributed by atoms with Crippen LogP contribution in [0.5, 0.6) is 0 Å². The predicted octanol–water partition coefficient (Wildman–Crippen LogP) is 4.61. The number of ether oxygens (including phenoxy) is 1. The summed E-state index contributed by atoms with van der Waals surface area (Å²) >= 11 is 0. The van der Waals surface area contributed by atoms with Crippen LogP contribution in [0.1, 0.15) is 33.7 Å². The molecule has 194 valence electrons. The number of halogens is 1. The lowest BCUT2D eigenvalue weighted by Gasteiger charge is -2.34. The Morgan fingerprint density at radius 1 is 0.973 bits per heavy atom. The molecular formula is C28H30FN3O4S. The maximum absolute atomic E-state index is 13.9. The van der Waals surface area contributed by atoms with Crippen LogP contribution in [0.3, 0.4) is 0 Å². The van der Waals surface area contributed by atoms with Crippen LogP contribution < -0.4 is 5.73 Å². The number of anilines is 1. The third kappa shape index (κ3) is 4.81. The van der Waals surface area contributed by atoms with Gasteiger partial charge in [0.05, 0.1) is 0 Å². The van der Waals surface area contributed by atoms with Crippen LogP contribution in [0.25, 0.3) is 11.1 Å².